The molecule has 1 aromatic carbocycles. The lowest BCUT2D eigenvalue weighted by Crippen LogP contribution is -2.64. The zero-order valence-electron chi connectivity index (χ0n) is 10.6. The minimum atomic E-state index is -0.0406. The molecule has 18 heavy (non-hydrogen) atoms. The monoisotopic (exact) mass is 248 g/mol. The number of hydrogen-bond acceptors (Lipinski definition) is 3. The van der Waals surface area contributed by atoms with Crippen LogP contribution in [-0.4, -0.2) is 30.7 Å². The van der Waals surface area contributed by atoms with Crippen LogP contribution < -0.4 is 11.1 Å². The molecule has 1 amide bonds. The van der Waals surface area contributed by atoms with Gasteiger partial charge in [-0.05, 0) is 18.9 Å². The molecular weight excluding hydrogens is 228 g/mol. The van der Waals surface area contributed by atoms with Crippen LogP contribution in [0.1, 0.15) is 18.9 Å². The molecule has 3 atom stereocenters. The van der Waals surface area contributed by atoms with Crippen molar-refractivity contribution >= 4 is 5.91 Å². The first-order valence-electron chi connectivity index (χ1n) is 6.41. The van der Waals surface area contributed by atoms with E-state index in [2.05, 4.69) is 5.32 Å². The van der Waals surface area contributed by atoms with Crippen LogP contribution in [0.4, 0.5) is 0 Å². The smallest absolute Gasteiger partial charge is 0.224 e. The van der Waals surface area contributed by atoms with Crippen LogP contribution >= 0.6 is 0 Å². The van der Waals surface area contributed by atoms with Crippen molar-refractivity contribution in [2.24, 2.45) is 5.73 Å². The Morgan fingerprint density at radius 3 is 2.78 bits per heavy atom. The van der Waals surface area contributed by atoms with Gasteiger partial charge in [0.15, 0.2) is 0 Å². The summed E-state index contributed by atoms with van der Waals surface area (Å²) < 4.78 is 5.52. The topological polar surface area (TPSA) is 64.3 Å². The second-order valence-electron chi connectivity index (χ2n) is 4.65. The Morgan fingerprint density at radius 1 is 1.44 bits per heavy atom. The first kappa shape index (κ1) is 13.1. The summed E-state index contributed by atoms with van der Waals surface area (Å²) in [5.74, 6) is 0.00560. The first-order valence-corrected chi connectivity index (χ1v) is 6.41. The molecule has 3 N–H and O–H groups in total. The third-order valence-electron chi connectivity index (χ3n) is 3.28. The van der Waals surface area contributed by atoms with Gasteiger partial charge in [0.05, 0.1) is 18.6 Å². The van der Waals surface area contributed by atoms with E-state index >= 15 is 0 Å². The molecule has 0 heterocycles. The maximum Gasteiger partial charge on any atom is 0.224 e. The van der Waals surface area contributed by atoms with E-state index in [0.717, 1.165) is 12.0 Å². The molecule has 1 saturated carbocycles. The van der Waals surface area contributed by atoms with Crippen LogP contribution in [0.15, 0.2) is 30.3 Å². The predicted molar refractivity (Wildman–Crippen MR) is 70.1 cm³/mol. The van der Waals surface area contributed by atoms with Crippen LogP contribution in [0, 0.1) is 0 Å². The van der Waals surface area contributed by atoms with Crippen molar-refractivity contribution in [1.29, 1.82) is 0 Å². The number of amides is 1. The number of rotatable bonds is 5. The molecule has 0 saturated heterocycles. The van der Waals surface area contributed by atoms with Crippen LogP contribution in [0.2, 0.25) is 0 Å². The number of nitrogens with two attached hydrogens (primary N) is 1. The molecule has 1 aromatic rings. The third-order valence-corrected chi connectivity index (χ3v) is 3.28. The summed E-state index contributed by atoms with van der Waals surface area (Å²) in [6.07, 6.45) is 1.29. The summed E-state index contributed by atoms with van der Waals surface area (Å²) in [6, 6.07) is 9.67. The molecule has 4 nitrogen and oxygen atoms in total. The number of ether oxygens (including phenoxy) is 1. The zero-order chi connectivity index (χ0) is 13.0. The molecule has 0 spiro atoms. The van der Waals surface area contributed by atoms with E-state index in [1.807, 2.05) is 37.3 Å². The maximum absolute atomic E-state index is 11.9. The van der Waals surface area contributed by atoms with Gasteiger partial charge in [0, 0.05) is 12.6 Å². The second kappa shape index (κ2) is 5.98. The van der Waals surface area contributed by atoms with E-state index in [-0.39, 0.29) is 24.1 Å². The van der Waals surface area contributed by atoms with Gasteiger partial charge in [0.25, 0.3) is 0 Å². The highest BCUT2D eigenvalue weighted by atomic mass is 16.5. The molecule has 2 rings (SSSR count). The average Bonchev–Trinajstić information content (AvgIpc) is 2.37. The molecule has 98 valence electrons. The van der Waals surface area contributed by atoms with Crippen molar-refractivity contribution in [3.63, 3.8) is 0 Å². The van der Waals surface area contributed by atoms with Gasteiger partial charge in [-0.1, -0.05) is 30.3 Å². The Hall–Kier alpha value is -1.39. The highest BCUT2D eigenvalue weighted by Crippen LogP contribution is 2.22. The Morgan fingerprint density at radius 2 is 2.17 bits per heavy atom. The summed E-state index contributed by atoms with van der Waals surface area (Å²) in [6.45, 7) is 2.61. The van der Waals surface area contributed by atoms with Crippen molar-refractivity contribution in [2.45, 2.75) is 38.0 Å². The van der Waals surface area contributed by atoms with Gasteiger partial charge in [0.1, 0.15) is 0 Å². The summed E-state index contributed by atoms with van der Waals surface area (Å²) >= 11 is 0. The van der Waals surface area contributed by atoms with Crippen molar-refractivity contribution < 1.29 is 9.53 Å². The fraction of sp³-hybridized carbons (Fsp3) is 0.500. The van der Waals surface area contributed by atoms with E-state index in [0.29, 0.717) is 13.0 Å². The van der Waals surface area contributed by atoms with Gasteiger partial charge >= 0.3 is 0 Å². The van der Waals surface area contributed by atoms with Gasteiger partial charge < -0.3 is 15.8 Å². The lowest BCUT2D eigenvalue weighted by atomic mass is 9.83. The van der Waals surface area contributed by atoms with Crippen LogP contribution in [0.3, 0.4) is 0 Å². The summed E-state index contributed by atoms with van der Waals surface area (Å²) in [5.41, 5.74) is 6.90. The van der Waals surface area contributed by atoms with E-state index in [1.54, 1.807) is 0 Å². The number of carbonyl (C=O) groups excluding carboxylic acids is 1. The van der Waals surface area contributed by atoms with Crippen molar-refractivity contribution in [1.82, 2.24) is 5.32 Å². The van der Waals surface area contributed by atoms with E-state index in [9.17, 15) is 4.79 Å². The van der Waals surface area contributed by atoms with Gasteiger partial charge in [0.2, 0.25) is 5.91 Å². The molecule has 1 aliphatic rings. The van der Waals surface area contributed by atoms with E-state index in [1.165, 1.54) is 0 Å². The first-order chi connectivity index (χ1) is 8.70. The Balaban J connectivity index is 1.84. The summed E-state index contributed by atoms with van der Waals surface area (Å²) in [5, 5.41) is 2.96. The molecule has 0 bridgehead atoms. The van der Waals surface area contributed by atoms with E-state index < -0.39 is 0 Å². The summed E-state index contributed by atoms with van der Waals surface area (Å²) in [4.78, 5) is 11.9. The average molecular weight is 248 g/mol. The molecule has 0 radical (unpaired) electrons. The normalized spacial score (nSPS) is 26.4. The molecule has 1 fully saturated rings. The quantitative estimate of drug-likeness (QED) is 0.812. The number of carbonyl (C=O) groups is 1. The number of hydrogen-bond donors (Lipinski definition) is 2. The Bertz CT molecular complexity index is 392. The largest absolute Gasteiger partial charge is 0.376 e. The van der Waals surface area contributed by atoms with Gasteiger partial charge in [-0.15, -0.1) is 0 Å². The Labute approximate surface area is 108 Å². The van der Waals surface area contributed by atoms with Gasteiger partial charge in [-0.2, -0.15) is 0 Å². The minimum absolute atomic E-state index is 0.00560. The van der Waals surface area contributed by atoms with Crippen LogP contribution in [-0.2, 0) is 16.0 Å². The Kier molecular flexibility index (Phi) is 4.33. The standard InChI is InChI=1S/C14H20N2O2/c1-2-18-12-9-11(15)14(12)16-13(17)8-10-6-4-3-5-7-10/h3-7,11-12,14H,2,8-9,15H2,1H3,(H,16,17). The molecular formula is C14H20N2O2. The lowest BCUT2D eigenvalue weighted by Gasteiger charge is -2.42. The highest BCUT2D eigenvalue weighted by Gasteiger charge is 2.40. The SMILES string of the molecule is CCOC1CC(N)C1NC(=O)Cc1ccccc1. The van der Waals surface area contributed by atoms with Crippen molar-refractivity contribution in [2.75, 3.05) is 6.61 Å². The van der Waals surface area contributed by atoms with Crippen LogP contribution in [0.25, 0.3) is 0 Å². The van der Waals surface area contributed by atoms with Crippen LogP contribution in [0.5, 0.6) is 0 Å². The molecule has 3 unspecified atom stereocenters. The van der Waals surface area contributed by atoms with E-state index in [4.69, 9.17) is 10.5 Å². The zero-order valence-corrected chi connectivity index (χ0v) is 10.6. The predicted octanol–water partition coefficient (Wildman–Crippen LogP) is 0.850. The maximum atomic E-state index is 11.9. The van der Waals surface area contributed by atoms with Crippen molar-refractivity contribution in [3.8, 4) is 0 Å². The van der Waals surface area contributed by atoms with Crippen molar-refractivity contribution in [3.05, 3.63) is 35.9 Å². The molecule has 0 aliphatic heterocycles. The molecule has 0 aromatic heterocycles. The lowest BCUT2D eigenvalue weighted by molar-refractivity contribution is -0.125. The summed E-state index contributed by atoms with van der Waals surface area (Å²) in [7, 11) is 0. The fourth-order valence-corrected chi connectivity index (χ4v) is 2.25. The highest BCUT2D eigenvalue weighted by molar-refractivity contribution is 5.79. The molecule has 1 aliphatic carbocycles. The van der Waals surface area contributed by atoms with Gasteiger partial charge in [-0.25, -0.2) is 0 Å². The minimum Gasteiger partial charge on any atom is -0.376 e. The molecule has 4 heteroatoms. The number of benzene rings is 1. The number of nitrogens with one attached hydrogen (secondary N) is 1. The fourth-order valence-electron chi connectivity index (χ4n) is 2.25. The third kappa shape index (κ3) is 3.09. The second-order valence-corrected chi connectivity index (χ2v) is 4.65. The van der Waals surface area contributed by atoms with Gasteiger partial charge in [-0.3, -0.25) is 4.79 Å².